The zero-order valence-electron chi connectivity index (χ0n) is 10.8. The highest BCUT2D eigenvalue weighted by atomic mass is 16.4. The minimum Gasteiger partial charge on any atom is -0.480 e. The number of nitrogens with zero attached hydrogens (tertiary/aromatic N) is 4. The van der Waals surface area contributed by atoms with Crippen LogP contribution in [0.4, 0.5) is 0 Å². The minimum absolute atomic E-state index is 0.173. The maximum absolute atomic E-state index is 11.9. The van der Waals surface area contributed by atoms with Crippen LogP contribution >= 0.6 is 0 Å². The third-order valence-electron chi connectivity index (χ3n) is 2.56. The highest BCUT2D eigenvalue weighted by Gasteiger charge is 2.10. The van der Waals surface area contributed by atoms with Gasteiger partial charge in [-0.1, -0.05) is 5.21 Å². The molecule has 2 rings (SSSR count). The topological polar surface area (TPSA) is 110 Å². The van der Waals surface area contributed by atoms with Crippen molar-refractivity contribution in [3.8, 4) is 0 Å². The van der Waals surface area contributed by atoms with Crippen molar-refractivity contribution >= 4 is 11.9 Å². The number of pyridine rings is 1. The van der Waals surface area contributed by atoms with E-state index in [2.05, 4.69) is 20.6 Å². The largest absolute Gasteiger partial charge is 0.480 e. The Morgan fingerprint density at radius 1 is 1.45 bits per heavy atom. The van der Waals surface area contributed by atoms with Gasteiger partial charge in [-0.15, -0.1) is 5.10 Å². The molecule has 0 spiro atoms. The van der Waals surface area contributed by atoms with Crippen molar-refractivity contribution in [2.75, 3.05) is 0 Å². The number of aliphatic carboxylic acids is 1. The standard InChI is InChI=1S/C12H13N5O3/c1-8-10(3-2-4-13-8)12(20)14-5-9-6-17(16-15-9)7-11(18)19/h2-4,6H,5,7H2,1H3,(H,14,20)(H,18,19). The van der Waals surface area contributed by atoms with Crippen LogP contribution in [-0.4, -0.2) is 37.0 Å². The van der Waals surface area contributed by atoms with E-state index < -0.39 is 5.97 Å². The van der Waals surface area contributed by atoms with Crippen molar-refractivity contribution in [2.24, 2.45) is 0 Å². The fraction of sp³-hybridized carbons (Fsp3) is 0.250. The molecule has 8 heteroatoms. The summed E-state index contributed by atoms with van der Waals surface area (Å²) in [5.74, 6) is -1.26. The summed E-state index contributed by atoms with van der Waals surface area (Å²) in [5, 5.41) is 18.7. The van der Waals surface area contributed by atoms with Crippen molar-refractivity contribution < 1.29 is 14.7 Å². The Bertz CT molecular complexity index is 638. The molecule has 0 fully saturated rings. The Labute approximate surface area is 114 Å². The van der Waals surface area contributed by atoms with E-state index in [0.29, 0.717) is 17.0 Å². The van der Waals surface area contributed by atoms with E-state index >= 15 is 0 Å². The summed E-state index contributed by atoms with van der Waals surface area (Å²) in [6.45, 7) is 1.66. The van der Waals surface area contributed by atoms with Gasteiger partial charge in [0.1, 0.15) is 12.2 Å². The van der Waals surface area contributed by atoms with E-state index in [-0.39, 0.29) is 19.0 Å². The third-order valence-corrected chi connectivity index (χ3v) is 2.56. The highest BCUT2D eigenvalue weighted by Crippen LogP contribution is 2.03. The van der Waals surface area contributed by atoms with Crippen molar-refractivity contribution in [3.63, 3.8) is 0 Å². The molecule has 8 nitrogen and oxygen atoms in total. The van der Waals surface area contributed by atoms with E-state index in [1.807, 2.05) is 0 Å². The van der Waals surface area contributed by atoms with Crippen molar-refractivity contribution in [1.82, 2.24) is 25.3 Å². The lowest BCUT2D eigenvalue weighted by Gasteiger charge is -2.04. The lowest BCUT2D eigenvalue weighted by atomic mass is 10.2. The Morgan fingerprint density at radius 2 is 2.25 bits per heavy atom. The molecule has 2 heterocycles. The van der Waals surface area contributed by atoms with Gasteiger partial charge in [-0.2, -0.15) is 0 Å². The summed E-state index contributed by atoms with van der Waals surface area (Å²) in [7, 11) is 0. The Balaban J connectivity index is 1.95. The number of rotatable bonds is 5. The molecule has 0 aromatic carbocycles. The van der Waals surface area contributed by atoms with Gasteiger partial charge in [0.15, 0.2) is 0 Å². The molecular weight excluding hydrogens is 262 g/mol. The lowest BCUT2D eigenvalue weighted by molar-refractivity contribution is -0.137. The summed E-state index contributed by atoms with van der Waals surface area (Å²) >= 11 is 0. The molecule has 0 aliphatic carbocycles. The summed E-state index contributed by atoms with van der Waals surface area (Å²) in [6.07, 6.45) is 3.09. The number of aryl methyl sites for hydroxylation is 1. The Hall–Kier alpha value is -2.77. The average molecular weight is 275 g/mol. The van der Waals surface area contributed by atoms with E-state index in [9.17, 15) is 9.59 Å². The second-order valence-electron chi connectivity index (χ2n) is 4.12. The van der Waals surface area contributed by atoms with Crippen molar-refractivity contribution in [3.05, 3.63) is 41.5 Å². The zero-order valence-corrected chi connectivity index (χ0v) is 10.8. The van der Waals surface area contributed by atoms with Crippen LogP contribution in [0.5, 0.6) is 0 Å². The fourth-order valence-corrected chi connectivity index (χ4v) is 1.63. The Morgan fingerprint density at radius 3 is 2.95 bits per heavy atom. The van der Waals surface area contributed by atoms with Crippen molar-refractivity contribution in [1.29, 1.82) is 0 Å². The van der Waals surface area contributed by atoms with Crippen LogP contribution < -0.4 is 5.32 Å². The number of aromatic nitrogens is 4. The molecule has 2 aromatic heterocycles. The maximum atomic E-state index is 11.9. The average Bonchev–Trinajstić information content (AvgIpc) is 2.83. The number of carboxylic acids is 1. The predicted molar refractivity (Wildman–Crippen MR) is 67.8 cm³/mol. The summed E-state index contributed by atoms with van der Waals surface area (Å²) in [5.41, 5.74) is 1.62. The molecule has 2 aromatic rings. The monoisotopic (exact) mass is 275 g/mol. The molecule has 104 valence electrons. The second kappa shape index (κ2) is 5.91. The lowest BCUT2D eigenvalue weighted by Crippen LogP contribution is -2.24. The normalized spacial score (nSPS) is 10.2. The first-order chi connectivity index (χ1) is 9.56. The molecule has 1 amide bonds. The molecule has 2 N–H and O–H groups in total. The van der Waals surface area contributed by atoms with Crippen LogP contribution in [0.2, 0.25) is 0 Å². The van der Waals surface area contributed by atoms with Crippen LogP contribution in [0.15, 0.2) is 24.5 Å². The highest BCUT2D eigenvalue weighted by molar-refractivity contribution is 5.95. The molecule has 0 saturated heterocycles. The van der Waals surface area contributed by atoms with Gasteiger partial charge in [-0.25, -0.2) is 4.68 Å². The van der Waals surface area contributed by atoms with Gasteiger partial charge in [0, 0.05) is 11.9 Å². The van der Waals surface area contributed by atoms with Crippen LogP contribution in [-0.2, 0) is 17.9 Å². The summed E-state index contributed by atoms with van der Waals surface area (Å²) in [6, 6.07) is 3.37. The molecule has 0 atom stereocenters. The van der Waals surface area contributed by atoms with E-state index in [0.717, 1.165) is 0 Å². The number of carboxylic acid groups (broad SMARTS) is 1. The van der Waals surface area contributed by atoms with Gasteiger partial charge >= 0.3 is 5.97 Å². The van der Waals surface area contributed by atoms with Gasteiger partial charge in [0.2, 0.25) is 0 Å². The summed E-state index contributed by atoms with van der Waals surface area (Å²) in [4.78, 5) is 26.5. The number of amides is 1. The van der Waals surface area contributed by atoms with Gasteiger partial charge in [-0.3, -0.25) is 14.6 Å². The first kappa shape index (κ1) is 13.7. The van der Waals surface area contributed by atoms with Crippen LogP contribution in [0, 0.1) is 6.92 Å². The van der Waals surface area contributed by atoms with Gasteiger partial charge in [-0.05, 0) is 19.1 Å². The van der Waals surface area contributed by atoms with Gasteiger partial charge in [0.25, 0.3) is 5.91 Å². The second-order valence-corrected chi connectivity index (χ2v) is 4.12. The molecule has 0 saturated carbocycles. The van der Waals surface area contributed by atoms with Gasteiger partial charge in [0.05, 0.1) is 18.3 Å². The first-order valence-corrected chi connectivity index (χ1v) is 5.87. The molecule has 0 aliphatic rings. The first-order valence-electron chi connectivity index (χ1n) is 5.87. The Kier molecular flexibility index (Phi) is 4.04. The number of nitrogens with one attached hydrogen (secondary N) is 1. The predicted octanol–water partition coefficient (Wildman–Crippen LogP) is -0.00388. The van der Waals surface area contributed by atoms with Crippen molar-refractivity contribution in [2.45, 2.75) is 20.0 Å². The van der Waals surface area contributed by atoms with Crippen LogP contribution in [0.3, 0.4) is 0 Å². The van der Waals surface area contributed by atoms with Crippen LogP contribution in [0.25, 0.3) is 0 Å². The molecule has 20 heavy (non-hydrogen) atoms. The van der Waals surface area contributed by atoms with Gasteiger partial charge < -0.3 is 10.4 Å². The molecule has 0 aliphatic heterocycles. The fourth-order valence-electron chi connectivity index (χ4n) is 1.63. The minimum atomic E-state index is -1.00. The maximum Gasteiger partial charge on any atom is 0.325 e. The smallest absolute Gasteiger partial charge is 0.325 e. The number of hydrogen-bond acceptors (Lipinski definition) is 5. The van der Waals surface area contributed by atoms with Crippen LogP contribution in [0.1, 0.15) is 21.7 Å². The SMILES string of the molecule is Cc1ncccc1C(=O)NCc1cn(CC(=O)O)nn1. The molecular formula is C12H13N5O3. The van der Waals surface area contributed by atoms with E-state index in [4.69, 9.17) is 5.11 Å². The summed E-state index contributed by atoms with van der Waals surface area (Å²) < 4.78 is 1.19. The number of carbonyl (C=O) groups is 2. The molecule has 0 bridgehead atoms. The number of carbonyl (C=O) groups excluding carboxylic acids is 1. The number of hydrogen-bond donors (Lipinski definition) is 2. The molecule has 0 radical (unpaired) electrons. The molecule has 0 unspecified atom stereocenters. The quantitative estimate of drug-likeness (QED) is 0.794. The third kappa shape index (κ3) is 3.37. The van der Waals surface area contributed by atoms with E-state index in [1.54, 1.807) is 25.3 Å². The zero-order chi connectivity index (χ0) is 14.5. The van der Waals surface area contributed by atoms with E-state index in [1.165, 1.54) is 10.9 Å².